The second-order valence-electron chi connectivity index (χ2n) is 22.1. The summed E-state index contributed by atoms with van der Waals surface area (Å²) >= 11 is 0. The van der Waals surface area contributed by atoms with Crippen molar-refractivity contribution in [1.82, 2.24) is 26.2 Å². The average molecular weight is 1040 g/mol. The molecule has 1 unspecified atom stereocenters. The van der Waals surface area contributed by atoms with Crippen molar-refractivity contribution < 1.29 is 0 Å². The number of nitrogens with zero attached hydrogens (tertiary/aromatic N) is 4. The van der Waals surface area contributed by atoms with E-state index < -0.39 is 54.0 Å². The lowest BCUT2D eigenvalue weighted by molar-refractivity contribution is 0.381. The molecule has 1 aliphatic heterocycles. The Hall–Kier alpha value is 1.06. The molecule has 1 fully saturated rings. The van der Waals surface area contributed by atoms with Crippen LogP contribution in [-0.4, -0.2) is 97.1 Å². The van der Waals surface area contributed by atoms with E-state index in [1.807, 2.05) is 0 Å². The molecule has 6 nitrogen and oxygen atoms in total. The van der Waals surface area contributed by atoms with E-state index in [9.17, 15) is 0 Å². The smallest absolute Gasteiger partial charge is 0.195 e. The topological polar surface area (TPSA) is 37.0 Å². The van der Waals surface area contributed by atoms with Crippen LogP contribution in [0.4, 0.5) is 0 Å². The Morgan fingerprint density at radius 1 is 0.328 bits per heavy atom. The molecule has 67 heavy (non-hydrogen) atoms. The fourth-order valence-electron chi connectivity index (χ4n) is 12.6. The Morgan fingerprint density at radius 3 is 1.04 bits per heavy atom. The Balaban J connectivity index is 5.09. The summed E-state index contributed by atoms with van der Waals surface area (Å²) < 4.78 is 24.4. The molecular formula is C55H128N6Si6. The summed E-state index contributed by atoms with van der Waals surface area (Å²) in [6.07, 6.45) is 46.7. The molecule has 2 N–H and O–H groups in total. The van der Waals surface area contributed by atoms with Gasteiger partial charge in [-0.3, -0.25) is 0 Å². The molecule has 1 heterocycles. The van der Waals surface area contributed by atoms with Crippen LogP contribution in [-0.2, 0) is 0 Å². The number of hydrogen-bond acceptors (Lipinski definition) is 6. The summed E-state index contributed by atoms with van der Waals surface area (Å²) in [6.45, 7) is 33.2. The first-order valence-electron chi connectivity index (χ1n) is 31.3. The maximum absolute atomic E-state index is 4.83. The van der Waals surface area contributed by atoms with E-state index in [4.69, 9.17) is 4.65 Å². The van der Waals surface area contributed by atoms with Gasteiger partial charge >= 0.3 is 0 Å². The zero-order valence-electron chi connectivity index (χ0n) is 48.4. The van der Waals surface area contributed by atoms with Gasteiger partial charge in [0.25, 0.3) is 0 Å². The van der Waals surface area contributed by atoms with Crippen molar-refractivity contribution in [3.63, 3.8) is 0 Å². The molecule has 1 rings (SSSR count). The van der Waals surface area contributed by atoms with Crippen LogP contribution in [0.5, 0.6) is 0 Å². The Labute approximate surface area is 434 Å². The third kappa shape index (κ3) is 23.9. The summed E-state index contributed by atoms with van der Waals surface area (Å²) in [7, 11) is -9.43. The number of hydrogen-bond donors (Lipinski definition) is 2. The minimum atomic E-state index is -2.34. The highest BCUT2D eigenvalue weighted by molar-refractivity contribution is 7.00. The maximum atomic E-state index is 4.83. The van der Waals surface area contributed by atoms with Gasteiger partial charge in [0.15, 0.2) is 54.0 Å². The van der Waals surface area contributed by atoms with E-state index in [0.717, 1.165) is 0 Å². The molecule has 12 heteroatoms. The Bertz CT molecular complexity index is 1050. The minimum Gasteiger partial charge on any atom is -0.346 e. The van der Waals surface area contributed by atoms with Gasteiger partial charge in [-0.15, -0.1) is 0 Å². The quantitative estimate of drug-likeness (QED) is 0.0468. The van der Waals surface area contributed by atoms with Crippen molar-refractivity contribution >= 4 is 54.0 Å². The van der Waals surface area contributed by atoms with Gasteiger partial charge in [0.05, 0.1) is 0 Å². The highest BCUT2D eigenvalue weighted by atomic mass is 28.5. The molecule has 1 aliphatic rings. The van der Waals surface area contributed by atoms with Crippen LogP contribution in [0, 0.1) is 0 Å². The number of unbranched alkanes of at least 4 members (excludes halogenated alkanes) is 22. The lowest BCUT2D eigenvalue weighted by Gasteiger charge is -2.66. The summed E-state index contributed by atoms with van der Waals surface area (Å²) in [5.74, 6) is 0. The SMILES string of the molecule is CCCCCN1[SiH2]N[SiH2]N[SiH](CCCCC)N(CCCCC)[Si](CCCCC)(CCCCC)N(CCCCC)[Si](CCCCC)(CCCCC)N(CCCCC)[Si]1(CCCCC)CCCCC. The van der Waals surface area contributed by atoms with Gasteiger partial charge in [-0.25, -0.2) is 0 Å². The molecular weight excluding hydrogens is 913 g/mol. The fraction of sp³-hybridized carbons (Fsp3) is 1.00. The summed E-state index contributed by atoms with van der Waals surface area (Å²) in [6, 6.07) is 10.9. The van der Waals surface area contributed by atoms with E-state index >= 15 is 0 Å². The molecule has 402 valence electrons. The van der Waals surface area contributed by atoms with Gasteiger partial charge in [0, 0.05) is 0 Å². The van der Waals surface area contributed by atoms with E-state index in [-0.39, 0.29) is 0 Å². The van der Waals surface area contributed by atoms with Crippen molar-refractivity contribution in [2.75, 3.05) is 26.2 Å². The largest absolute Gasteiger partial charge is 0.346 e. The maximum Gasteiger partial charge on any atom is 0.195 e. The predicted molar refractivity (Wildman–Crippen MR) is 323 cm³/mol. The molecule has 0 aliphatic carbocycles. The molecule has 0 aromatic rings. The normalized spacial score (nSPS) is 19.7. The lowest BCUT2D eigenvalue weighted by Crippen LogP contribution is -2.86. The lowest BCUT2D eigenvalue weighted by atomic mass is 10.3. The second-order valence-corrected chi connectivity index (χ2v) is 43.7. The first-order valence-corrected chi connectivity index (χ1v) is 42.9. The van der Waals surface area contributed by atoms with E-state index in [1.54, 1.807) is 36.3 Å². The van der Waals surface area contributed by atoms with Crippen molar-refractivity contribution in [1.29, 1.82) is 0 Å². The van der Waals surface area contributed by atoms with E-state index in [1.165, 1.54) is 244 Å². The van der Waals surface area contributed by atoms with Crippen LogP contribution < -0.4 is 9.30 Å². The minimum absolute atomic E-state index is 0.582. The Morgan fingerprint density at radius 2 is 0.642 bits per heavy atom. The van der Waals surface area contributed by atoms with Crippen molar-refractivity contribution in [2.24, 2.45) is 0 Å². The molecule has 0 amide bonds. The second kappa shape index (κ2) is 43.5. The van der Waals surface area contributed by atoms with Crippen molar-refractivity contribution in [2.45, 2.75) is 330 Å². The first-order chi connectivity index (χ1) is 32.8. The zero-order valence-corrected chi connectivity index (χ0v) is 55.4. The third-order valence-corrected chi connectivity index (χ3v) is 47.8. The molecule has 1 atom stereocenters. The first kappa shape index (κ1) is 66.1. The van der Waals surface area contributed by atoms with Gasteiger partial charge in [-0.2, -0.15) is 0 Å². The van der Waals surface area contributed by atoms with Crippen LogP contribution >= 0.6 is 0 Å². The van der Waals surface area contributed by atoms with Crippen LogP contribution in [0.2, 0.25) is 42.3 Å². The molecule has 0 bridgehead atoms. The van der Waals surface area contributed by atoms with E-state index in [0.29, 0.717) is 0 Å². The standard InChI is InChI=1S/C55H128N6Si6/c1-12-23-34-45-58-63-56-62-57-64(49-38-27-16-5)59(46-35-24-13-2)66(52-41-30-19-8,53-42-31-20-9)61(48-37-26-15-4)67(54-43-32-21-10,55-44-33-22-11)60(47-36-25-14-3)65(58,50-39-28-17-6)51-40-29-18-7/h56-57,64H,12-55,62-63H2,1-11H3. The van der Waals surface area contributed by atoms with Crippen molar-refractivity contribution in [3.8, 4) is 0 Å². The van der Waals surface area contributed by atoms with Crippen molar-refractivity contribution in [3.05, 3.63) is 0 Å². The fourth-order valence-corrected chi connectivity index (χ4v) is 53.8. The summed E-state index contributed by atoms with van der Waals surface area (Å²) in [5, 5.41) is 0. The summed E-state index contributed by atoms with van der Waals surface area (Å²) in [5.41, 5.74) is 0. The molecule has 1 saturated heterocycles. The highest BCUT2D eigenvalue weighted by Gasteiger charge is 2.61. The van der Waals surface area contributed by atoms with Gasteiger partial charge in [0.2, 0.25) is 0 Å². The zero-order chi connectivity index (χ0) is 49.3. The van der Waals surface area contributed by atoms with Gasteiger partial charge in [-0.1, -0.05) is 262 Å². The van der Waals surface area contributed by atoms with Crippen LogP contribution in [0.15, 0.2) is 0 Å². The monoisotopic (exact) mass is 1040 g/mol. The molecule has 0 spiro atoms. The molecule has 0 saturated carbocycles. The van der Waals surface area contributed by atoms with E-state index in [2.05, 4.69) is 97.7 Å². The van der Waals surface area contributed by atoms with Gasteiger partial charge in [-0.05, 0) is 94.2 Å². The van der Waals surface area contributed by atoms with Gasteiger partial charge in [0.1, 0.15) is 0 Å². The number of rotatable bonds is 44. The number of nitrogens with one attached hydrogen (secondary N) is 2. The summed E-state index contributed by atoms with van der Waals surface area (Å²) in [4.78, 5) is 0. The predicted octanol–water partition coefficient (Wildman–Crippen LogP) is 16.0. The molecule has 0 aromatic heterocycles. The Kier molecular flexibility index (Phi) is 42.9. The van der Waals surface area contributed by atoms with Crippen LogP contribution in [0.1, 0.15) is 288 Å². The van der Waals surface area contributed by atoms with Gasteiger partial charge < -0.3 is 26.2 Å². The molecule has 0 aromatic carbocycles. The highest BCUT2D eigenvalue weighted by Crippen LogP contribution is 2.46. The van der Waals surface area contributed by atoms with Crippen LogP contribution in [0.3, 0.4) is 0 Å². The van der Waals surface area contributed by atoms with Crippen LogP contribution in [0.25, 0.3) is 0 Å². The molecule has 0 radical (unpaired) electrons. The average Bonchev–Trinajstić information content (AvgIpc) is 3.33. The third-order valence-electron chi connectivity index (χ3n) is 16.4.